The van der Waals surface area contributed by atoms with Crippen molar-refractivity contribution in [1.29, 1.82) is 0 Å². The van der Waals surface area contributed by atoms with Crippen LogP contribution in [0.5, 0.6) is 5.75 Å². The van der Waals surface area contributed by atoms with Crippen LogP contribution < -0.4 is 10.1 Å². The number of nitrogens with one attached hydrogen (secondary N) is 1. The molecule has 0 fully saturated rings. The predicted molar refractivity (Wildman–Crippen MR) is 126 cm³/mol. The minimum absolute atomic E-state index is 0.0716. The highest BCUT2D eigenvalue weighted by Crippen LogP contribution is 2.26. The number of hydrogen-bond donors (Lipinski definition) is 1. The van der Waals surface area contributed by atoms with E-state index in [1.165, 1.54) is 0 Å². The zero-order valence-corrected chi connectivity index (χ0v) is 19.6. The fourth-order valence-electron chi connectivity index (χ4n) is 3.94. The molecule has 2 aromatic carbocycles. The van der Waals surface area contributed by atoms with E-state index in [0.29, 0.717) is 26.1 Å². The van der Waals surface area contributed by atoms with Crippen LogP contribution >= 0.6 is 0 Å². The van der Waals surface area contributed by atoms with Crippen molar-refractivity contribution in [2.24, 2.45) is 5.92 Å². The Morgan fingerprint density at radius 1 is 1.12 bits per heavy atom. The molecular weight excluding hydrogens is 402 g/mol. The molecule has 0 spiro atoms. The summed E-state index contributed by atoms with van der Waals surface area (Å²) in [5.41, 5.74) is 2.00. The summed E-state index contributed by atoms with van der Waals surface area (Å²) in [5.74, 6) is 0.511. The van der Waals surface area contributed by atoms with Crippen LogP contribution in [0.25, 0.3) is 0 Å². The first-order chi connectivity index (χ1) is 15.4. The van der Waals surface area contributed by atoms with Crippen LogP contribution in [0.15, 0.2) is 54.6 Å². The lowest BCUT2D eigenvalue weighted by Crippen LogP contribution is -2.55. The van der Waals surface area contributed by atoms with Crippen molar-refractivity contribution in [3.63, 3.8) is 0 Å². The summed E-state index contributed by atoms with van der Waals surface area (Å²) < 4.78 is 6.07. The number of hydrogen-bond acceptors (Lipinski definition) is 4. The van der Waals surface area contributed by atoms with Crippen molar-refractivity contribution in [1.82, 2.24) is 15.1 Å². The fourth-order valence-corrected chi connectivity index (χ4v) is 3.94. The van der Waals surface area contributed by atoms with Crippen LogP contribution in [-0.4, -0.2) is 60.9 Å². The zero-order valence-electron chi connectivity index (χ0n) is 19.6. The SMILES string of the molecule is CC[C@H](C)C(=O)N[C@H](Cc1ccccc1)C(=O)N1Cc2ccccc2OC[C@@H]1CN(C)C. The maximum Gasteiger partial charge on any atom is 0.246 e. The van der Waals surface area contributed by atoms with Crippen LogP contribution in [0, 0.1) is 5.92 Å². The molecule has 3 rings (SSSR count). The highest BCUT2D eigenvalue weighted by molar-refractivity contribution is 5.89. The summed E-state index contributed by atoms with van der Waals surface area (Å²) in [6.45, 7) is 5.42. The van der Waals surface area contributed by atoms with Gasteiger partial charge < -0.3 is 19.9 Å². The quantitative estimate of drug-likeness (QED) is 0.689. The van der Waals surface area contributed by atoms with Gasteiger partial charge in [0, 0.05) is 31.0 Å². The standard InChI is InChI=1S/C26H35N3O3/c1-5-19(2)25(30)27-23(15-20-11-7-6-8-12-20)26(31)29-16-21-13-9-10-14-24(21)32-18-22(29)17-28(3)4/h6-14,19,22-23H,5,15-18H2,1-4H3,(H,27,30)/t19-,22-,23+/m0/s1. The number of benzene rings is 2. The molecule has 0 unspecified atom stereocenters. The number of nitrogens with zero attached hydrogens (tertiary/aromatic N) is 2. The topological polar surface area (TPSA) is 61.9 Å². The molecule has 32 heavy (non-hydrogen) atoms. The monoisotopic (exact) mass is 437 g/mol. The number of para-hydroxylation sites is 1. The molecule has 1 aliphatic rings. The smallest absolute Gasteiger partial charge is 0.246 e. The molecule has 0 bridgehead atoms. The summed E-state index contributed by atoms with van der Waals surface area (Å²) in [7, 11) is 3.99. The van der Waals surface area contributed by atoms with E-state index in [1.54, 1.807) is 0 Å². The number of fused-ring (bicyclic) bond motifs is 1. The normalized spacial score (nSPS) is 17.7. The molecule has 1 aliphatic heterocycles. The molecule has 0 radical (unpaired) electrons. The molecule has 3 atom stereocenters. The number of amides is 2. The summed E-state index contributed by atoms with van der Waals surface area (Å²) in [6, 6.07) is 17.0. The van der Waals surface area contributed by atoms with E-state index in [9.17, 15) is 9.59 Å². The van der Waals surface area contributed by atoms with E-state index in [-0.39, 0.29) is 23.8 Å². The van der Waals surface area contributed by atoms with Gasteiger partial charge in [-0.2, -0.15) is 0 Å². The molecule has 1 heterocycles. The first-order valence-corrected chi connectivity index (χ1v) is 11.4. The Labute approximate surface area is 191 Å². The molecule has 2 aromatic rings. The highest BCUT2D eigenvalue weighted by atomic mass is 16.5. The molecule has 6 nitrogen and oxygen atoms in total. The predicted octanol–water partition coefficient (Wildman–Crippen LogP) is 3.11. The van der Waals surface area contributed by atoms with Gasteiger partial charge in [-0.15, -0.1) is 0 Å². The van der Waals surface area contributed by atoms with Gasteiger partial charge >= 0.3 is 0 Å². The van der Waals surface area contributed by atoms with Gasteiger partial charge in [0.25, 0.3) is 0 Å². The van der Waals surface area contributed by atoms with Crippen molar-refractivity contribution < 1.29 is 14.3 Å². The van der Waals surface area contributed by atoms with Crippen molar-refractivity contribution in [2.45, 2.75) is 45.3 Å². The van der Waals surface area contributed by atoms with Crippen LogP contribution in [0.3, 0.4) is 0 Å². The average molecular weight is 438 g/mol. The molecule has 0 aliphatic carbocycles. The Balaban J connectivity index is 1.91. The first-order valence-electron chi connectivity index (χ1n) is 11.4. The van der Waals surface area contributed by atoms with Crippen molar-refractivity contribution >= 4 is 11.8 Å². The third kappa shape index (κ3) is 6.10. The van der Waals surface area contributed by atoms with E-state index >= 15 is 0 Å². The molecule has 1 N–H and O–H groups in total. The van der Waals surface area contributed by atoms with Crippen LogP contribution in [0.4, 0.5) is 0 Å². The Morgan fingerprint density at radius 3 is 2.50 bits per heavy atom. The first kappa shape index (κ1) is 23.8. The maximum atomic E-state index is 13.9. The molecule has 0 saturated heterocycles. The summed E-state index contributed by atoms with van der Waals surface area (Å²) in [4.78, 5) is 30.7. The lowest BCUT2D eigenvalue weighted by molar-refractivity contribution is -0.140. The molecule has 0 aromatic heterocycles. The van der Waals surface area contributed by atoms with Crippen LogP contribution in [0.1, 0.15) is 31.4 Å². The van der Waals surface area contributed by atoms with Gasteiger partial charge in [0.2, 0.25) is 11.8 Å². The second-order valence-corrected chi connectivity index (χ2v) is 8.86. The minimum atomic E-state index is -0.631. The summed E-state index contributed by atoms with van der Waals surface area (Å²) in [5, 5.41) is 3.05. The Bertz CT molecular complexity index is 900. The molecule has 2 amide bonds. The van der Waals surface area contributed by atoms with Crippen LogP contribution in [0.2, 0.25) is 0 Å². The van der Waals surface area contributed by atoms with E-state index in [4.69, 9.17) is 4.74 Å². The Kier molecular flexibility index (Phi) is 8.28. The van der Waals surface area contributed by atoms with Gasteiger partial charge in [-0.3, -0.25) is 9.59 Å². The van der Waals surface area contributed by atoms with Gasteiger partial charge in [0.05, 0.1) is 6.04 Å². The third-order valence-electron chi connectivity index (χ3n) is 6.00. The van der Waals surface area contributed by atoms with Gasteiger partial charge in [-0.25, -0.2) is 0 Å². The van der Waals surface area contributed by atoms with Gasteiger partial charge in [0.15, 0.2) is 0 Å². The largest absolute Gasteiger partial charge is 0.491 e. The average Bonchev–Trinajstić information content (AvgIpc) is 2.97. The van der Waals surface area contributed by atoms with Gasteiger partial charge in [0.1, 0.15) is 18.4 Å². The second kappa shape index (κ2) is 11.1. The van der Waals surface area contributed by atoms with Gasteiger partial charge in [-0.05, 0) is 32.1 Å². The van der Waals surface area contributed by atoms with E-state index in [1.807, 2.05) is 87.4 Å². The number of rotatable bonds is 8. The fraction of sp³-hybridized carbons (Fsp3) is 0.462. The maximum absolute atomic E-state index is 13.9. The Morgan fingerprint density at radius 2 is 1.81 bits per heavy atom. The third-order valence-corrected chi connectivity index (χ3v) is 6.00. The lowest BCUT2D eigenvalue weighted by atomic mass is 10.0. The van der Waals surface area contributed by atoms with Crippen LogP contribution in [-0.2, 0) is 22.6 Å². The van der Waals surface area contributed by atoms with E-state index in [2.05, 4.69) is 10.2 Å². The van der Waals surface area contributed by atoms with Crippen molar-refractivity contribution in [3.05, 3.63) is 65.7 Å². The number of carbonyl (C=O) groups is 2. The van der Waals surface area contributed by atoms with Crippen molar-refractivity contribution in [2.75, 3.05) is 27.2 Å². The summed E-state index contributed by atoms with van der Waals surface area (Å²) >= 11 is 0. The molecule has 0 saturated carbocycles. The molecule has 6 heteroatoms. The molecule has 172 valence electrons. The number of ether oxygens (including phenoxy) is 1. The van der Waals surface area contributed by atoms with Gasteiger partial charge in [-0.1, -0.05) is 62.4 Å². The number of likely N-dealkylation sites (N-methyl/N-ethyl adjacent to an activating group) is 1. The Hall–Kier alpha value is -2.86. The summed E-state index contributed by atoms with van der Waals surface area (Å²) in [6.07, 6.45) is 1.18. The van der Waals surface area contributed by atoms with E-state index < -0.39 is 6.04 Å². The highest BCUT2D eigenvalue weighted by Gasteiger charge is 2.34. The zero-order chi connectivity index (χ0) is 23.1. The lowest BCUT2D eigenvalue weighted by Gasteiger charge is -2.34. The number of carbonyl (C=O) groups excluding carboxylic acids is 2. The second-order valence-electron chi connectivity index (χ2n) is 8.86. The van der Waals surface area contributed by atoms with E-state index in [0.717, 1.165) is 23.3 Å². The van der Waals surface area contributed by atoms with Crippen molar-refractivity contribution in [3.8, 4) is 5.75 Å². The molecular formula is C26H35N3O3. The minimum Gasteiger partial charge on any atom is -0.491 e.